The molecule has 1 aliphatic heterocycles. The van der Waals surface area contributed by atoms with Gasteiger partial charge in [0.25, 0.3) is 5.92 Å². The van der Waals surface area contributed by atoms with E-state index in [2.05, 4.69) is 0 Å². The average molecular weight is 260 g/mol. The van der Waals surface area contributed by atoms with Crippen molar-refractivity contribution in [2.75, 3.05) is 13.1 Å². The highest BCUT2D eigenvalue weighted by Crippen LogP contribution is 2.37. The van der Waals surface area contributed by atoms with Crippen molar-refractivity contribution in [3.63, 3.8) is 0 Å². The number of aliphatic carboxylic acids is 1. The zero-order valence-electron chi connectivity index (χ0n) is 10.8. The van der Waals surface area contributed by atoms with Gasteiger partial charge in [0.15, 0.2) is 5.41 Å². The zero-order valence-corrected chi connectivity index (χ0v) is 10.8. The summed E-state index contributed by atoms with van der Waals surface area (Å²) in [5.74, 6) is -3.94. The van der Waals surface area contributed by atoms with Gasteiger partial charge in [-0.2, -0.15) is 5.26 Å². The minimum Gasteiger partial charge on any atom is -0.480 e. The van der Waals surface area contributed by atoms with Crippen LogP contribution in [-0.2, 0) is 4.79 Å². The van der Waals surface area contributed by atoms with E-state index < -0.39 is 22.8 Å². The van der Waals surface area contributed by atoms with E-state index in [0.717, 1.165) is 0 Å². The summed E-state index contributed by atoms with van der Waals surface area (Å²) in [6.45, 7) is 4.58. The average Bonchev–Trinajstić information content (AvgIpc) is 2.58. The largest absolute Gasteiger partial charge is 0.480 e. The number of hydrogen-bond donors (Lipinski definition) is 1. The Balaban J connectivity index is 2.83. The Hall–Kier alpha value is -1.22. The molecule has 102 valence electrons. The summed E-state index contributed by atoms with van der Waals surface area (Å²) in [6.07, 6.45) is -0.200. The van der Waals surface area contributed by atoms with Gasteiger partial charge in [-0.25, -0.2) is 8.78 Å². The smallest absolute Gasteiger partial charge is 0.323 e. The van der Waals surface area contributed by atoms with Crippen LogP contribution in [0.15, 0.2) is 0 Å². The molecule has 6 heteroatoms. The predicted octanol–water partition coefficient (Wildman–Crippen LogP) is 2.11. The van der Waals surface area contributed by atoms with Gasteiger partial charge in [0.05, 0.1) is 12.6 Å². The van der Waals surface area contributed by atoms with Gasteiger partial charge in [0.1, 0.15) is 0 Å². The maximum Gasteiger partial charge on any atom is 0.323 e. The van der Waals surface area contributed by atoms with Crippen LogP contribution < -0.4 is 0 Å². The van der Waals surface area contributed by atoms with E-state index >= 15 is 0 Å². The molecule has 1 rings (SSSR count). The van der Waals surface area contributed by atoms with Crippen molar-refractivity contribution in [1.82, 2.24) is 4.90 Å². The van der Waals surface area contributed by atoms with Gasteiger partial charge >= 0.3 is 5.97 Å². The standard InChI is InChI=1S/C12H18F2N2O2/c1-10(2,6-11(3,7-15)9(17)18)16-5-4-12(13,14)8-16/h4-6,8H2,1-3H3,(H,17,18). The molecule has 1 fully saturated rings. The van der Waals surface area contributed by atoms with Crippen LogP contribution in [0, 0.1) is 16.7 Å². The van der Waals surface area contributed by atoms with E-state index in [1.807, 2.05) is 0 Å². The van der Waals surface area contributed by atoms with Crippen LogP contribution in [0.2, 0.25) is 0 Å². The van der Waals surface area contributed by atoms with E-state index in [0.29, 0.717) is 0 Å². The molecule has 0 saturated carbocycles. The lowest BCUT2D eigenvalue weighted by Crippen LogP contribution is -2.48. The Morgan fingerprint density at radius 2 is 2.06 bits per heavy atom. The molecule has 0 radical (unpaired) electrons. The fourth-order valence-electron chi connectivity index (χ4n) is 2.39. The molecule has 1 saturated heterocycles. The van der Waals surface area contributed by atoms with Gasteiger partial charge in [-0.3, -0.25) is 9.69 Å². The Bertz CT molecular complexity index is 390. The van der Waals surface area contributed by atoms with Crippen LogP contribution in [0.5, 0.6) is 0 Å². The van der Waals surface area contributed by atoms with Gasteiger partial charge in [-0.15, -0.1) is 0 Å². The van der Waals surface area contributed by atoms with Crippen molar-refractivity contribution < 1.29 is 18.7 Å². The van der Waals surface area contributed by atoms with Crippen LogP contribution in [0.3, 0.4) is 0 Å². The number of carbonyl (C=O) groups is 1. The maximum absolute atomic E-state index is 13.2. The molecule has 1 unspecified atom stereocenters. The number of carboxylic acids is 1. The highest BCUT2D eigenvalue weighted by Gasteiger charge is 2.47. The molecule has 0 aromatic heterocycles. The monoisotopic (exact) mass is 260 g/mol. The van der Waals surface area contributed by atoms with Crippen LogP contribution in [0.25, 0.3) is 0 Å². The molecule has 0 aromatic carbocycles. The van der Waals surface area contributed by atoms with Gasteiger partial charge in [-0.1, -0.05) is 0 Å². The molecule has 0 bridgehead atoms. The Labute approximate surface area is 105 Å². The number of halogens is 2. The number of nitriles is 1. The third-order valence-corrected chi connectivity index (χ3v) is 3.53. The summed E-state index contributed by atoms with van der Waals surface area (Å²) in [4.78, 5) is 12.6. The highest BCUT2D eigenvalue weighted by molar-refractivity contribution is 5.77. The van der Waals surface area contributed by atoms with Gasteiger partial charge in [0, 0.05) is 18.5 Å². The van der Waals surface area contributed by atoms with E-state index in [-0.39, 0.29) is 25.9 Å². The zero-order chi connectivity index (χ0) is 14.2. The van der Waals surface area contributed by atoms with Crippen molar-refractivity contribution in [2.24, 2.45) is 5.41 Å². The van der Waals surface area contributed by atoms with E-state index in [1.54, 1.807) is 24.8 Å². The second-order valence-electron chi connectivity index (χ2n) is 5.77. The topological polar surface area (TPSA) is 64.3 Å². The summed E-state index contributed by atoms with van der Waals surface area (Å²) in [5, 5.41) is 18.0. The van der Waals surface area contributed by atoms with Crippen LogP contribution in [0.4, 0.5) is 8.78 Å². The number of rotatable bonds is 4. The number of hydrogen-bond acceptors (Lipinski definition) is 3. The Morgan fingerprint density at radius 3 is 2.39 bits per heavy atom. The summed E-state index contributed by atoms with van der Waals surface area (Å²) in [7, 11) is 0. The first-order chi connectivity index (χ1) is 8.02. The first-order valence-corrected chi connectivity index (χ1v) is 5.80. The van der Waals surface area contributed by atoms with Crippen molar-refractivity contribution >= 4 is 5.97 Å². The van der Waals surface area contributed by atoms with Crippen LogP contribution >= 0.6 is 0 Å². The van der Waals surface area contributed by atoms with Crippen molar-refractivity contribution in [3.05, 3.63) is 0 Å². The lowest BCUT2D eigenvalue weighted by atomic mass is 9.79. The first kappa shape index (κ1) is 14.8. The molecule has 4 nitrogen and oxygen atoms in total. The fourth-order valence-corrected chi connectivity index (χ4v) is 2.39. The highest BCUT2D eigenvalue weighted by atomic mass is 19.3. The first-order valence-electron chi connectivity index (χ1n) is 5.80. The van der Waals surface area contributed by atoms with E-state index in [4.69, 9.17) is 10.4 Å². The lowest BCUT2D eigenvalue weighted by Gasteiger charge is -2.38. The second kappa shape index (κ2) is 4.47. The lowest BCUT2D eigenvalue weighted by molar-refractivity contribution is -0.146. The quantitative estimate of drug-likeness (QED) is 0.840. The minimum atomic E-state index is -2.72. The number of likely N-dealkylation sites (tertiary alicyclic amines) is 1. The SMILES string of the molecule is CC(C#N)(CC(C)(C)N1CCC(F)(F)C1)C(=O)O. The molecule has 18 heavy (non-hydrogen) atoms. The molecular weight excluding hydrogens is 242 g/mol. The fraction of sp³-hybridized carbons (Fsp3) is 0.833. The Morgan fingerprint density at radius 1 is 1.50 bits per heavy atom. The molecule has 0 aromatic rings. The number of alkyl halides is 2. The molecule has 1 atom stereocenters. The molecule has 1 aliphatic rings. The van der Waals surface area contributed by atoms with Crippen molar-refractivity contribution in [1.29, 1.82) is 5.26 Å². The molecule has 0 aliphatic carbocycles. The molecular formula is C12H18F2N2O2. The van der Waals surface area contributed by atoms with E-state index in [1.165, 1.54) is 6.92 Å². The van der Waals surface area contributed by atoms with Crippen LogP contribution in [-0.4, -0.2) is 40.5 Å². The van der Waals surface area contributed by atoms with Crippen molar-refractivity contribution in [2.45, 2.75) is 45.1 Å². The summed E-state index contributed by atoms with van der Waals surface area (Å²) in [5.41, 5.74) is -2.30. The molecule has 1 N–H and O–H groups in total. The summed E-state index contributed by atoms with van der Waals surface area (Å²) >= 11 is 0. The maximum atomic E-state index is 13.2. The van der Waals surface area contributed by atoms with Gasteiger partial charge in [0.2, 0.25) is 0 Å². The Kier molecular flexibility index (Phi) is 3.68. The van der Waals surface area contributed by atoms with Crippen molar-refractivity contribution in [3.8, 4) is 6.07 Å². The summed E-state index contributed by atoms with van der Waals surface area (Å²) in [6, 6.07) is 1.76. The third kappa shape index (κ3) is 2.96. The van der Waals surface area contributed by atoms with Gasteiger partial charge < -0.3 is 5.11 Å². The number of carboxylic acid groups (broad SMARTS) is 1. The predicted molar refractivity (Wildman–Crippen MR) is 61.2 cm³/mol. The third-order valence-electron chi connectivity index (χ3n) is 3.53. The molecule has 0 amide bonds. The second-order valence-corrected chi connectivity index (χ2v) is 5.77. The normalized spacial score (nSPS) is 23.3. The summed E-state index contributed by atoms with van der Waals surface area (Å²) < 4.78 is 26.4. The van der Waals surface area contributed by atoms with Gasteiger partial charge in [-0.05, 0) is 27.2 Å². The molecule has 0 spiro atoms. The van der Waals surface area contributed by atoms with E-state index in [9.17, 15) is 13.6 Å². The van der Waals surface area contributed by atoms with Crippen LogP contribution in [0.1, 0.15) is 33.6 Å². The minimum absolute atomic E-state index is 0.0158. The number of nitrogens with zero attached hydrogens (tertiary/aromatic N) is 2. The molecule has 1 heterocycles.